The van der Waals surface area contributed by atoms with Crippen LogP contribution >= 0.6 is 0 Å². The molecule has 4 nitrogen and oxygen atoms in total. The van der Waals surface area contributed by atoms with Crippen LogP contribution in [0.4, 0.5) is 0 Å². The molecule has 0 spiro atoms. The van der Waals surface area contributed by atoms with Crippen molar-refractivity contribution in [2.24, 2.45) is 5.73 Å². The van der Waals surface area contributed by atoms with Crippen LogP contribution in [-0.2, 0) is 15.8 Å². The number of epoxide rings is 1. The Hall–Kier alpha value is -1.04. The van der Waals surface area contributed by atoms with Crippen molar-refractivity contribution in [3.05, 3.63) is 29.8 Å². The first-order valence-electron chi connectivity index (χ1n) is 7.44. The maximum atomic E-state index is 5.67. The molecule has 5 heteroatoms. The lowest BCUT2D eigenvalue weighted by molar-refractivity contribution is 0.309. The van der Waals surface area contributed by atoms with Gasteiger partial charge in [0.25, 0.3) is 7.48 Å². The molecule has 0 amide bonds. The van der Waals surface area contributed by atoms with Crippen molar-refractivity contribution in [1.82, 2.24) is 0 Å². The maximum absolute atomic E-state index is 5.67. The third-order valence-corrected chi connectivity index (χ3v) is 3.52. The van der Waals surface area contributed by atoms with E-state index in [1.165, 1.54) is 5.56 Å². The minimum absolute atomic E-state index is 0.271. The second kappa shape index (κ2) is 8.30. The highest BCUT2D eigenvalue weighted by Crippen LogP contribution is 2.29. The summed E-state index contributed by atoms with van der Waals surface area (Å²) in [5, 5.41) is 0. The summed E-state index contributed by atoms with van der Waals surface area (Å²) in [6.07, 6.45) is 3.55. The molecule has 0 bridgehead atoms. The fourth-order valence-electron chi connectivity index (χ4n) is 2.20. The van der Waals surface area contributed by atoms with Gasteiger partial charge < -0.3 is 19.9 Å². The van der Waals surface area contributed by atoms with Gasteiger partial charge in [0, 0.05) is 0 Å². The van der Waals surface area contributed by atoms with Gasteiger partial charge in [-0.25, -0.2) is 0 Å². The minimum atomic E-state index is 0.271. The molecule has 2 N–H and O–H groups in total. The van der Waals surface area contributed by atoms with Crippen molar-refractivity contribution >= 4 is 7.48 Å². The van der Waals surface area contributed by atoms with Crippen LogP contribution in [0.2, 0.25) is 5.82 Å². The van der Waals surface area contributed by atoms with E-state index in [2.05, 4.69) is 19.1 Å². The lowest BCUT2D eigenvalue weighted by Gasteiger charge is -2.13. The van der Waals surface area contributed by atoms with Gasteiger partial charge in [0.15, 0.2) is 0 Å². The molecule has 2 rings (SSSR count). The van der Waals surface area contributed by atoms with Gasteiger partial charge in [0.1, 0.15) is 5.75 Å². The van der Waals surface area contributed by atoms with Crippen molar-refractivity contribution in [1.29, 1.82) is 0 Å². The third-order valence-electron chi connectivity index (χ3n) is 3.52. The number of benzene rings is 1. The van der Waals surface area contributed by atoms with E-state index in [1.807, 2.05) is 12.1 Å². The topological polar surface area (TPSA) is 57.0 Å². The Morgan fingerprint density at radius 2 is 2.15 bits per heavy atom. The van der Waals surface area contributed by atoms with E-state index >= 15 is 0 Å². The lowest BCUT2D eigenvalue weighted by atomic mass is 9.74. The molecule has 110 valence electrons. The predicted molar refractivity (Wildman–Crippen MR) is 81.3 cm³/mol. The van der Waals surface area contributed by atoms with E-state index in [9.17, 15) is 0 Å². The molecule has 1 aliphatic rings. The molecule has 1 heterocycles. The summed E-state index contributed by atoms with van der Waals surface area (Å²) in [7, 11) is 0.663. The summed E-state index contributed by atoms with van der Waals surface area (Å²) < 4.78 is 16.4. The molecular weight excluding hydrogens is 253 g/mol. The standard InChI is InChI=1S/C15H24BNO3/c1-2-3-8-18-13-6-4-12(5-7-13)9-14(15-10-19-15)16-20-11-17/h4-7,14-16H,2-3,8-11,17H2,1H3/t14-,15+/m0/s1. The number of nitrogens with two attached hydrogens (primary N) is 1. The molecule has 0 saturated carbocycles. The summed E-state index contributed by atoms with van der Waals surface area (Å²) in [5.41, 5.74) is 6.68. The van der Waals surface area contributed by atoms with Crippen LogP contribution in [0, 0.1) is 0 Å². The van der Waals surface area contributed by atoms with Gasteiger partial charge >= 0.3 is 0 Å². The predicted octanol–water partition coefficient (Wildman–Crippen LogP) is 1.88. The molecule has 1 aromatic carbocycles. The maximum Gasteiger partial charge on any atom is 0.282 e. The number of ether oxygens (including phenoxy) is 2. The van der Waals surface area contributed by atoms with E-state index in [-0.39, 0.29) is 6.73 Å². The van der Waals surface area contributed by atoms with Gasteiger partial charge in [-0.05, 0) is 36.4 Å². The fraction of sp³-hybridized carbons (Fsp3) is 0.600. The second-order valence-electron chi connectivity index (χ2n) is 5.22. The smallest absolute Gasteiger partial charge is 0.282 e. The van der Waals surface area contributed by atoms with E-state index in [1.54, 1.807) is 0 Å². The van der Waals surface area contributed by atoms with Crippen LogP contribution < -0.4 is 10.5 Å². The summed E-state index contributed by atoms with van der Waals surface area (Å²) in [4.78, 5) is 0. The molecule has 0 aliphatic carbocycles. The van der Waals surface area contributed by atoms with E-state index in [0.29, 0.717) is 19.4 Å². The van der Waals surface area contributed by atoms with E-state index < -0.39 is 0 Å². The molecule has 1 aromatic rings. The lowest BCUT2D eigenvalue weighted by Crippen LogP contribution is -2.19. The van der Waals surface area contributed by atoms with Gasteiger partial charge in [-0.3, -0.25) is 0 Å². The van der Waals surface area contributed by atoms with Crippen molar-refractivity contribution < 1.29 is 14.1 Å². The van der Waals surface area contributed by atoms with Gasteiger partial charge in [-0.2, -0.15) is 0 Å². The highest BCUT2D eigenvalue weighted by atomic mass is 16.6. The molecule has 1 fully saturated rings. The second-order valence-corrected chi connectivity index (χ2v) is 5.22. The molecule has 0 aromatic heterocycles. The number of hydrogen-bond acceptors (Lipinski definition) is 4. The Labute approximate surface area is 121 Å². The molecule has 1 aliphatic heterocycles. The summed E-state index contributed by atoms with van der Waals surface area (Å²) >= 11 is 0. The van der Waals surface area contributed by atoms with Crippen molar-refractivity contribution in [2.45, 2.75) is 38.1 Å². The van der Waals surface area contributed by atoms with Crippen LogP contribution in [-0.4, -0.2) is 33.5 Å². The Kier molecular flexibility index (Phi) is 6.37. The first-order chi connectivity index (χ1) is 9.83. The minimum Gasteiger partial charge on any atom is -0.494 e. The Morgan fingerprint density at radius 1 is 1.40 bits per heavy atom. The van der Waals surface area contributed by atoms with Gasteiger partial charge in [-0.15, -0.1) is 0 Å². The highest BCUT2D eigenvalue weighted by Gasteiger charge is 2.33. The van der Waals surface area contributed by atoms with E-state index in [4.69, 9.17) is 19.9 Å². The number of unbranched alkanes of at least 4 members (excludes halogenated alkanes) is 1. The van der Waals surface area contributed by atoms with Gasteiger partial charge in [0.05, 0.1) is 26.0 Å². The summed E-state index contributed by atoms with van der Waals surface area (Å²) in [6, 6.07) is 8.33. The molecule has 20 heavy (non-hydrogen) atoms. The largest absolute Gasteiger partial charge is 0.494 e. The Bertz CT molecular complexity index is 381. The average molecular weight is 277 g/mol. The number of hydrogen-bond donors (Lipinski definition) is 1. The van der Waals surface area contributed by atoms with Crippen LogP contribution in [0.25, 0.3) is 0 Å². The van der Waals surface area contributed by atoms with Crippen LogP contribution in [0.3, 0.4) is 0 Å². The molecular formula is C15H24BNO3. The average Bonchev–Trinajstić information content (AvgIpc) is 3.30. The van der Waals surface area contributed by atoms with Crippen molar-refractivity contribution in [3.63, 3.8) is 0 Å². The number of rotatable bonds is 10. The molecule has 0 unspecified atom stereocenters. The molecule has 1 saturated heterocycles. The Balaban J connectivity index is 1.82. The summed E-state index contributed by atoms with van der Waals surface area (Å²) in [5.74, 6) is 1.34. The highest BCUT2D eigenvalue weighted by molar-refractivity contribution is 6.30. The zero-order chi connectivity index (χ0) is 14.2. The molecule has 2 atom stereocenters. The summed E-state index contributed by atoms with van der Waals surface area (Å²) in [6.45, 7) is 4.07. The monoisotopic (exact) mass is 277 g/mol. The zero-order valence-corrected chi connectivity index (χ0v) is 12.2. The zero-order valence-electron chi connectivity index (χ0n) is 12.2. The van der Waals surface area contributed by atoms with Crippen molar-refractivity contribution in [2.75, 3.05) is 19.9 Å². The molecule has 0 radical (unpaired) electrons. The van der Waals surface area contributed by atoms with Gasteiger partial charge in [-0.1, -0.05) is 25.5 Å². The first-order valence-corrected chi connectivity index (χ1v) is 7.44. The SMILES string of the molecule is CCCCOc1ccc(C[C@H](BOCN)[C@H]2CO2)cc1. The van der Waals surface area contributed by atoms with Crippen LogP contribution in [0.15, 0.2) is 24.3 Å². The van der Waals surface area contributed by atoms with Crippen LogP contribution in [0.1, 0.15) is 25.3 Å². The van der Waals surface area contributed by atoms with E-state index in [0.717, 1.165) is 38.2 Å². The quantitative estimate of drug-likeness (QED) is 0.307. The fourth-order valence-corrected chi connectivity index (χ4v) is 2.20. The van der Waals surface area contributed by atoms with Crippen LogP contribution in [0.5, 0.6) is 5.75 Å². The first kappa shape index (κ1) is 15.4. The third kappa shape index (κ3) is 5.15. The van der Waals surface area contributed by atoms with Gasteiger partial charge in [0.2, 0.25) is 0 Å². The normalized spacial score (nSPS) is 18.6. The van der Waals surface area contributed by atoms with Crippen molar-refractivity contribution in [3.8, 4) is 5.75 Å². The Morgan fingerprint density at radius 3 is 2.75 bits per heavy atom.